The minimum atomic E-state index is -0.141. The summed E-state index contributed by atoms with van der Waals surface area (Å²) in [6, 6.07) is 2.23. The lowest BCUT2D eigenvalue weighted by Crippen LogP contribution is -2.58. The van der Waals surface area contributed by atoms with Crippen molar-refractivity contribution in [3.8, 4) is 6.07 Å². The molecule has 0 radical (unpaired) electrons. The highest BCUT2D eigenvalue weighted by Gasteiger charge is 2.60. The van der Waals surface area contributed by atoms with Crippen LogP contribution in [0.2, 0.25) is 0 Å². The minimum absolute atomic E-state index is 0.0872. The van der Waals surface area contributed by atoms with E-state index in [1.807, 2.05) is 18.9 Å². The highest BCUT2D eigenvalue weighted by molar-refractivity contribution is 9.10. The van der Waals surface area contributed by atoms with Crippen molar-refractivity contribution in [3.05, 3.63) is 0 Å². The van der Waals surface area contributed by atoms with E-state index in [1.165, 1.54) is 19.3 Å². The Morgan fingerprint density at radius 2 is 2.00 bits per heavy atom. The Morgan fingerprint density at radius 3 is 2.50 bits per heavy atom. The zero-order valence-electron chi connectivity index (χ0n) is 12.4. The van der Waals surface area contributed by atoms with E-state index in [0.717, 1.165) is 31.1 Å². The molecule has 3 nitrogen and oxygen atoms in total. The second-order valence-corrected chi connectivity index (χ2v) is 9.29. The Bertz CT molecular complexity index is 456. The maximum atomic E-state index is 13.0. The Labute approximate surface area is 129 Å². The largest absolute Gasteiger partial charge is 0.344 e. The van der Waals surface area contributed by atoms with Crippen LogP contribution in [-0.4, -0.2) is 28.7 Å². The maximum Gasteiger partial charge on any atom is 0.228 e. The van der Waals surface area contributed by atoms with Crippen molar-refractivity contribution >= 4 is 21.8 Å². The number of rotatable bonds is 3. The molecule has 4 bridgehead atoms. The maximum absolute atomic E-state index is 13.0. The number of nitrogens with zero attached hydrogens (tertiary/aromatic N) is 2. The molecule has 0 aromatic heterocycles. The number of carbonyl (C=O) groups excluding carboxylic acids is 1. The van der Waals surface area contributed by atoms with Crippen molar-refractivity contribution in [1.29, 1.82) is 5.26 Å². The zero-order valence-corrected chi connectivity index (χ0v) is 13.9. The van der Waals surface area contributed by atoms with E-state index in [-0.39, 0.29) is 21.6 Å². The molecule has 0 N–H and O–H groups in total. The van der Waals surface area contributed by atoms with Crippen LogP contribution in [0.5, 0.6) is 0 Å². The molecule has 0 spiro atoms. The van der Waals surface area contributed by atoms with Gasteiger partial charge in [-0.3, -0.25) is 4.79 Å². The van der Waals surface area contributed by atoms with Gasteiger partial charge in [0.25, 0.3) is 0 Å². The van der Waals surface area contributed by atoms with Gasteiger partial charge >= 0.3 is 0 Å². The number of carbonyl (C=O) groups is 1. The zero-order chi connectivity index (χ0) is 14.5. The molecular formula is C16H23BrN2O. The Hall–Kier alpha value is -0.560. The molecule has 110 valence electrons. The molecule has 4 aliphatic rings. The Balaban J connectivity index is 1.79. The molecule has 0 unspecified atom stereocenters. The van der Waals surface area contributed by atoms with Gasteiger partial charge in [0, 0.05) is 17.9 Å². The van der Waals surface area contributed by atoms with Gasteiger partial charge in [0.2, 0.25) is 5.91 Å². The Kier molecular flexibility index (Phi) is 3.40. The standard InChI is InChI=1S/C16H23BrN2O/c1-11(8-18)9-19(2)14(20)15-4-12-3-13(5-15)7-16(17,6-12)10-15/h11-13H,3-7,9-10H2,1-2H3/t11-,12-,13-,15?,16?/m1/s1. The minimum Gasteiger partial charge on any atom is -0.344 e. The van der Waals surface area contributed by atoms with Gasteiger partial charge in [0.15, 0.2) is 0 Å². The summed E-state index contributed by atoms with van der Waals surface area (Å²) < 4.78 is 0.217. The molecule has 1 amide bonds. The lowest BCUT2D eigenvalue weighted by Gasteiger charge is -2.60. The van der Waals surface area contributed by atoms with Gasteiger partial charge < -0.3 is 4.90 Å². The van der Waals surface area contributed by atoms with Gasteiger partial charge in [-0.1, -0.05) is 15.9 Å². The van der Waals surface area contributed by atoms with Crippen molar-refractivity contribution in [2.24, 2.45) is 23.2 Å². The number of alkyl halides is 1. The summed E-state index contributed by atoms with van der Waals surface area (Å²) in [4.78, 5) is 14.8. The molecule has 4 aliphatic carbocycles. The monoisotopic (exact) mass is 338 g/mol. The van der Waals surface area contributed by atoms with Gasteiger partial charge in [0.05, 0.1) is 17.4 Å². The molecule has 0 aliphatic heterocycles. The first kappa shape index (κ1) is 14.4. The topological polar surface area (TPSA) is 44.1 Å². The number of hydrogen-bond donors (Lipinski definition) is 0. The summed E-state index contributed by atoms with van der Waals surface area (Å²) >= 11 is 3.95. The first-order valence-corrected chi connectivity index (χ1v) is 8.49. The van der Waals surface area contributed by atoms with Crippen LogP contribution in [0.4, 0.5) is 0 Å². The van der Waals surface area contributed by atoms with Crippen LogP contribution in [-0.2, 0) is 4.79 Å². The predicted octanol–water partition coefficient (Wildman–Crippen LogP) is 3.34. The molecule has 4 rings (SSSR count). The van der Waals surface area contributed by atoms with E-state index >= 15 is 0 Å². The summed E-state index contributed by atoms with van der Waals surface area (Å²) in [6.45, 7) is 2.44. The average molecular weight is 339 g/mol. The van der Waals surface area contributed by atoms with Crippen LogP contribution in [0.25, 0.3) is 0 Å². The van der Waals surface area contributed by atoms with Gasteiger partial charge in [0.1, 0.15) is 0 Å². The van der Waals surface area contributed by atoms with Crippen LogP contribution in [0.3, 0.4) is 0 Å². The molecular weight excluding hydrogens is 316 g/mol. The first-order chi connectivity index (χ1) is 9.36. The molecule has 20 heavy (non-hydrogen) atoms. The fourth-order valence-corrected chi connectivity index (χ4v) is 6.79. The van der Waals surface area contributed by atoms with Crippen LogP contribution in [0.15, 0.2) is 0 Å². The van der Waals surface area contributed by atoms with E-state index in [0.29, 0.717) is 6.54 Å². The highest BCUT2D eigenvalue weighted by atomic mass is 79.9. The molecule has 0 saturated heterocycles. The van der Waals surface area contributed by atoms with E-state index in [9.17, 15) is 4.79 Å². The summed E-state index contributed by atoms with van der Waals surface area (Å²) in [5.41, 5.74) is -0.141. The van der Waals surface area contributed by atoms with E-state index in [2.05, 4.69) is 22.0 Å². The molecule has 4 fully saturated rings. The van der Waals surface area contributed by atoms with Crippen LogP contribution in [0, 0.1) is 34.5 Å². The quantitative estimate of drug-likeness (QED) is 0.740. The molecule has 3 atom stereocenters. The number of nitriles is 1. The number of halogens is 1. The highest BCUT2D eigenvalue weighted by Crippen LogP contribution is 2.64. The second kappa shape index (κ2) is 4.73. The summed E-state index contributed by atoms with van der Waals surface area (Å²) in [7, 11) is 1.87. The van der Waals surface area contributed by atoms with Crippen molar-refractivity contribution in [1.82, 2.24) is 4.90 Å². The molecule has 0 aromatic carbocycles. The second-order valence-electron chi connectivity index (χ2n) is 7.61. The molecule has 4 saturated carbocycles. The summed E-state index contributed by atoms with van der Waals surface area (Å²) in [6.07, 6.45) is 6.95. The van der Waals surface area contributed by atoms with E-state index in [1.54, 1.807) is 0 Å². The van der Waals surface area contributed by atoms with Gasteiger partial charge in [-0.2, -0.15) is 5.26 Å². The molecule has 0 heterocycles. The summed E-state index contributed by atoms with van der Waals surface area (Å²) in [5, 5.41) is 8.95. The SMILES string of the molecule is C[C@H](C#N)CN(C)C(=O)C12C[C@H]3C[C@@H](CC(Br)(C3)C1)C2. The molecule has 4 heteroatoms. The number of amides is 1. The third-order valence-electron chi connectivity index (χ3n) is 5.56. The summed E-state index contributed by atoms with van der Waals surface area (Å²) in [5.74, 6) is 1.65. The van der Waals surface area contributed by atoms with Crippen LogP contribution >= 0.6 is 15.9 Å². The fraction of sp³-hybridized carbons (Fsp3) is 0.875. The van der Waals surface area contributed by atoms with Crippen molar-refractivity contribution in [3.63, 3.8) is 0 Å². The van der Waals surface area contributed by atoms with Crippen LogP contribution < -0.4 is 0 Å². The van der Waals surface area contributed by atoms with E-state index in [4.69, 9.17) is 5.26 Å². The van der Waals surface area contributed by atoms with Crippen molar-refractivity contribution in [2.75, 3.05) is 13.6 Å². The van der Waals surface area contributed by atoms with Gasteiger partial charge in [-0.05, 0) is 57.3 Å². The predicted molar refractivity (Wildman–Crippen MR) is 81.2 cm³/mol. The third-order valence-corrected chi connectivity index (χ3v) is 6.49. The first-order valence-electron chi connectivity index (χ1n) is 7.70. The van der Waals surface area contributed by atoms with E-state index < -0.39 is 0 Å². The van der Waals surface area contributed by atoms with Gasteiger partial charge in [-0.15, -0.1) is 0 Å². The van der Waals surface area contributed by atoms with Crippen molar-refractivity contribution in [2.45, 2.75) is 49.8 Å². The van der Waals surface area contributed by atoms with Crippen LogP contribution in [0.1, 0.15) is 45.4 Å². The lowest BCUT2D eigenvalue weighted by atomic mass is 9.49. The van der Waals surface area contributed by atoms with Gasteiger partial charge in [-0.25, -0.2) is 0 Å². The smallest absolute Gasteiger partial charge is 0.228 e. The lowest BCUT2D eigenvalue weighted by molar-refractivity contribution is -0.154. The third kappa shape index (κ3) is 2.28. The number of hydrogen-bond acceptors (Lipinski definition) is 2. The normalized spacial score (nSPS) is 43.1. The average Bonchev–Trinajstić information content (AvgIpc) is 2.34. The fourth-order valence-electron chi connectivity index (χ4n) is 5.34. The Morgan fingerprint density at radius 1 is 1.40 bits per heavy atom. The van der Waals surface area contributed by atoms with Crippen molar-refractivity contribution < 1.29 is 4.79 Å². The molecule has 0 aromatic rings.